The highest BCUT2D eigenvalue weighted by Crippen LogP contribution is 2.48. The molecule has 10 heterocycles. The number of esters is 1. The van der Waals surface area contributed by atoms with Crippen molar-refractivity contribution in [3.8, 4) is 0 Å². The highest BCUT2D eigenvalue weighted by atomic mass is 16.6. The highest BCUT2D eigenvalue weighted by molar-refractivity contribution is 5.72. The molecule has 10 aliphatic heterocycles. The smallest absolute Gasteiger partial charge is 0.308 e. The summed E-state index contributed by atoms with van der Waals surface area (Å²) in [5, 5.41) is 10.9. The number of carbonyl (C=O) groups excluding carboxylic acids is 1. The van der Waals surface area contributed by atoms with Gasteiger partial charge in [0.15, 0.2) is 0 Å². The van der Waals surface area contributed by atoms with Crippen LogP contribution < -0.4 is 0 Å². The maximum absolute atomic E-state index is 12.3. The summed E-state index contributed by atoms with van der Waals surface area (Å²) >= 11 is 0. The van der Waals surface area contributed by atoms with Crippen molar-refractivity contribution >= 4 is 5.97 Å². The first-order chi connectivity index (χ1) is 27.9. The lowest BCUT2D eigenvalue weighted by atomic mass is 9.78. The Bertz CT molecular complexity index is 1560. The van der Waals surface area contributed by atoms with Gasteiger partial charge in [0.1, 0.15) is 24.4 Å². The molecule has 58 heavy (non-hydrogen) atoms. The van der Waals surface area contributed by atoms with Crippen molar-refractivity contribution < 1.29 is 57.3 Å². The topological polar surface area (TPSA) is 130 Å². The van der Waals surface area contributed by atoms with E-state index in [-0.39, 0.29) is 116 Å². The average molecular weight is 813 g/mol. The standard InChI is InChI=1S/C46H68O12/c1-24-16-33-36(21-42(48)54-33)53-41-20-35-37(58-45(41,4)22-24)17-25(2)43-32(51-35)11-7-6-10-28-29(55-43)12-8-14-31-30(50-28)13-9-15-40-46(5,57-31)23-39-34(52-40)19-38-44(56-39)27(47)18-26(3)49-38/h6-8,14,24-41,43-44,47H,9-13,15-23H2,1-5H3/b7-6-,14-8?. The van der Waals surface area contributed by atoms with Crippen LogP contribution in [0.4, 0.5) is 0 Å². The van der Waals surface area contributed by atoms with E-state index in [0.29, 0.717) is 31.6 Å². The number of aliphatic hydroxyl groups excluding tert-OH is 1. The van der Waals surface area contributed by atoms with Gasteiger partial charge >= 0.3 is 5.97 Å². The fraction of sp³-hybridized carbons (Fsp3) is 0.891. The Kier molecular flexibility index (Phi) is 11.2. The van der Waals surface area contributed by atoms with E-state index in [2.05, 4.69) is 52.0 Å². The first-order valence-corrected chi connectivity index (χ1v) is 23.0. The molecule has 10 rings (SSSR count). The number of fused-ring (bicyclic) bond motifs is 9. The van der Waals surface area contributed by atoms with Crippen molar-refractivity contribution in [2.75, 3.05) is 0 Å². The van der Waals surface area contributed by atoms with Gasteiger partial charge in [-0.1, -0.05) is 38.2 Å². The number of hydrogen-bond donors (Lipinski definition) is 1. The summed E-state index contributed by atoms with van der Waals surface area (Å²) < 4.78 is 67.8. The highest BCUT2D eigenvalue weighted by Gasteiger charge is 2.57. The normalized spacial score (nSPS) is 56.3. The average Bonchev–Trinajstić information content (AvgIpc) is 3.46. The minimum absolute atomic E-state index is 0.0130. The lowest BCUT2D eigenvalue weighted by Gasteiger charge is -2.55. The summed E-state index contributed by atoms with van der Waals surface area (Å²) in [6.45, 7) is 10.9. The van der Waals surface area contributed by atoms with E-state index in [1.165, 1.54) is 0 Å². The zero-order valence-electron chi connectivity index (χ0n) is 35.2. The monoisotopic (exact) mass is 812 g/mol. The maximum atomic E-state index is 12.3. The minimum atomic E-state index is -0.564. The van der Waals surface area contributed by atoms with Gasteiger partial charge in [-0.2, -0.15) is 0 Å². The summed E-state index contributed by atoms with van der Waals surface area (Å²) in [4.78, 5) is 12.3. The Balaban J connectivity index is 0.837. The Morgan fingerprint density at radius 1 is 0.586 bits per heavy atom. The molecule has 12 nitrogen and oxygen atoms in total. The summed E-state index contributed by atoms with van der Waals surface area (Å²) in [5.74, 6) is 0.373. The predicted molar refractivity (Wildman–Crippen MR) is 210 cm³/mol. The first-order valence-electron chi connectivity index (χ1n) is 23.0. The van der Waals surface area contributed by atoms with E-state index in [1.807, 2.05) is 6.92 Å². The molecule has 10 aliphatic rings. The zero-order chi connectivity index (χ0) is 39.9. The fourth-order valence-electron chi connectivity index (χ4n) is 12.8. The van der Waals surface area contributed by atoms with Gasteiger partial charge in [-0.25, -0.2) is 0 Å². The molecule has 22 atom stereocenters. The lowest BCUT2D eigenvalue weighted by molar-refractivity contribution is -0.315. The van der Waals surface area contributed by atoms with Crippen molar-refractivity contribution in [1.29, 1.82) is 0 Å². The summed E-state index contributed by atoms with van der Waals surface area (Å²) in [6.07, 6.45) is 16.5. The van der Waals surface area contributed by atoms with Crippen LogP contribution in [0, 0.1) is 11.8 Å². The fourth-order valence-corrected chi connectivity index (χ4v) is 12.8. The Morgan fingerprint density at radius 2 is 1.31 bits per heavy atom. The van der Waals surface area contributed by atoms with Crippen molar-refractivity contribution in [3.63, 3.8) is 0 Å². The molecule has 0 aromatic heterocycles. The minimum Gasteiger partial charge on any atom is -0.459 e. The SMILES string of the molecule is CC1CC2OC(=O)CC2OC2CC3OC4C/C=C\CC5OC6CCCC7OC8CC9OC(C)CC(O)C9OC8CC7(C)OC6C=CCC5OC4C(C)CC3OC2(C)C1. The summed E-state index contributed by atoms with van der Waals surface area (Å²) in [5.41, 5.74) is -1.03. The van der Waals surface area contributed by atoms with Gasteiger partial charge in [0.05, 0.1) is 103 Å². The van der Waals surface area contributed by atoms with Gasteiger partial charge in [-0.15, -0.1) is 0 Å². The maximum Gasteiger partial charge on any atom is 0.308 e. The van der Waals surface area contributed by atoms with Crippen LogP contribution in [0.3, 0.4) is 0 Å². The quantitative estimate of drug-likeness (QED) is 0.234. The molecule has 0 saturated carbocycles. The van der Waals surface area contributed by atoms with Crippen LogP contribution in [0.5, 0.6) is 0 Å². The molecule has 324 valence electrons. The van der Waals surface area contributed by atoms with Crippen LogP contribution >= 0.6 is 0 Å². The summed E-state index contributed by atoms with van der Waals surface area (Å²) in [6, 6.07) is 0. The molecule has 0 aromatic carbocycles. The Hall–Kier alpha value is -1.45. The molecule has 0 radical (unpaired) electrons. The first kappa shape index (κ1) is 40.6. The number of hydrogen-bond acceptors (Lipinski definition) is 12. The number of carbonyl (C=O) groups is 1. The van der Waals surface area contributed by atoms with Crippen LogP contribution in [0.25, 0.3) is 0 Å². The number of aliphatic hydroxyl groups is 1. The van der Waals surface area contributed by atoms with Crippen molar-refractivity contribution in [1.82, 2.24) is 0 Å². The van der Waals surface area contributed by atoms with Gasteiger partial charge in [-0.05, 0) is 90.4 Å². The molecule has 0 aliphatic carbocycles. The van der Waals surface area contributed by atoms with Crippen molar-refractivity contribution in [2.24, 2.45) is 11.8 Å². The molecule has 1 N–H and O–H groups in total. The third-order valence-electron chi connectivity index (χ3n) is 15.6. The summed E-state index contributed by atoms with van der Waals surface area (Å²) in [7, 11) is 0. The Morgan fingerprint density at radius 3 is 2.17 bits per heavy atom. The number of ether oxygens (including phenoxy) is 10. The molecule has 12 heteroatoms. The van der Waals surface area contributed by atoms with Gasteiger partial charge in [0, 0.05) is 25.7 Å². The lowest BCUT2D eigenvalue weighted by Crippen LogP contribution is -2.65. The Labute approximate surface area is 344 Å². The molecular weight excluding hydrogens is 744 g/mol. The van der Waals surface area contributed by atoms with Gasteiger partial charge in [0.25, 0.3) is 0 Å². The van der Waals surface area contributed by atoms with Crippen molar-refractivity contribution in [3.05, 3.63) is 24.3 Å². The third kappa shape index (κ3) is 7.81. The second kappa shape index (κ2) is 16.0. The molecule has 0 bridgehead atoms. The van der Waals surface area contributed by atoms with Crippen LogP contribution in [0.15, 0.2) is 24.3 Å². The van der Waals surface area contributed by atoms with Crippen molar-refractivity contribution in [2.45, 2.75) is 246 Å². The van der Waals surface area contributed by atoms with Gasteiger partial charge in [-0.3, -0.25) is 4.79 Å². The van der Waals surface area contributed by atoms with Crippen LogP contribution in [-0.4, -0.2) is 132 Å². The van der Waals surface area contributed by atoms with E-state index in [9.17, 15) is 9.90 Å². The molecular formula is C46H68O12. The molecule has 8 saturated heterocycles. The largest absolute Gasteiger partial charge is 0.459 e. The molecule has 0 spiro atoms. The second-order valence-corrected chi connectivity index (χ2v) is 20.4. The number of rotatable bonds is 0. The van der Waals surface area contributed by atoms with Crippen LogP contribution in [0.2, 0.25) is 0 Å². The molecule has 0 aromatic rings. The van der Waals surface area contributed by atoms with E-state index in [0.717, 1.165) is 64.2 Å². The van der Waals surface area contributed by atoms with Crippen LogP contribution in [0.1, 0.15) is 125 Å². The molecule has 8 fully saturated rings. The predicted octanol–water partition coefficient (Wildman–Crippen LogP) is 5.83. The molecule has 22 unspecified atom stereocenters. The third-order valence-corrected chi connectivity index (χ3v) is 15.6. The van der Waals surface area contributed by atoms with Crippen LogP contribution in [-0.2, 0) is 52.2 Å². The van der Waals surface area contributed by atoms with E-state index in [1.54, 1.807) is 0 Å². The zero-order valence-corrected chi connectivity index (χ0v) is 35.2. The van der Waals surface area contributed by atoms with E-state index in [4.69, 9.17) is 47.4 Å². The second-order valence-electron chi connectivity index (χ2n) is 20.4. The van der Waals surface area contributed by atoms with E-state index < -0.39 is 17.3 Å². The molecule has 0 amide bonds. The van der Waals surface area contributed by atoms with Gasteiger partial charge in [0.2, 0.25) is 0 Å². The van der Waals surface area contributed by atoms with E-state index >= 15 is 0 Å². The van der Waals surface area contributed by atoms with Gasteiger partial charge < -0.3 is 52.5 Å².